The van der Waals surface area contributed by atoms with Gasteiger partial charge in [0.25, 0.3) is 0 Å². The van der Waals surface area contributed by atoms with Crippen molar-refractivity contribution in [3.8, 4) is 17.0 Å². The normalized spacial score (nSPS) is 12.4. The summed E-state index contributed by atoms with van der Waals surface area (Å²) in [6.07, 6.45) is 5.84. The number of carbonyl (C=O) groups is 2. The lowest BCUT2D eigenvalue weighted by Crippen LogP contribution is -2.07. The highest BCUT2D eigenvalue weighted by Gasteiger charge is 2.21. The number of ketones is 2. The molecule has 1 unspecified atom stereocenters. The quantitative estimate of drug-likeness (QED) is 0.107. The van der Waals surface area contributed by atoms with Gasteiger partial charge >= 0.3 is 0 Å². The minimum atomic E-state index is -0.147. The van der Waals surface area contributed by atoms with E-state index in [0.717, 1.165) is 48.3 Å². The lowest BCUT2D eigenvalue weighted by molar-refractivity contribution is -0.113. The zero-order valence-electron chi connectivity index (χ0n) is 23.1. The van der Waals surface area contributed by atoms with E-state index in [9.17, 15) is 9.59 Å². The number of aromatic nitrogens is 1. The molecule has 0 spiro atoms. The van der Waals surface area contributed by atoms with E-state index in [0.29, 0.717) is 38.4 Å². The third-order valence-corrected chi connectivity index (χ3v) is 7.97. The fraction of sp³-hybridized carbons (Fsp3) is 0.387. The summed E-state index contributed by atoms with van der Waals surface area (Å²) in [6, 6.07) is 9.17. The van der Waals surface area contributed by atoms with E-state index in [1.807, 2.05) is 23.6 Å². The van der Waals surface area contributed by atoms with Crippen molar-refractivity contribution in [3.05, 3.63) is 73.0 Å². The predicted molar refractivity (Wildman–Crippen MR) is 161 cm³/mol. The SMILES string of the molecule is CCCCCOC(CC)c1cccc(-c2csc(CC(=O)c3cc(Cl)c(/C=C(\C)C(C)=O)c(Cl)c3)n2)c1OC. The number of para-hydroxylation sites is 1. The molecular weight excluding hydrogens is 553 g/mol. The van der Waals surface area contributed by atoms with Crippen molar-refractivity contribution in [1.82, 2.24) is 4.98 Å². The first-order valence-electron chi connectivity index (χ1n) is 13.1. The Morgan fingerprint density at radius 3 is 2.44 bits per heavy atom. The molecule has 39 heavy (non-hydrogen) atoms. The molecule has 1 heterocycles. The molecule has 0 amide bonds. The van der Waals surface area contributed by atoms with E-state index in [1.54, 1.807) is 32.2 Å². The Balaban J connectivity index is 1.82. The molecule has 0 N–H and O–H groups in total. The highest BCUT2D eigenvalue weighted by molar-refractivity contribution is 7.10. The van der Waals surface area contributed by atoms with Gasteiger partial charge in [-0.25, -0.2) is 4.98 Å². The van der Waals surface area contributed by atoms with E-state index >= 15 is 0 Å². The number of hydrogen-bond acceptors (Lipinski definition) is 6. The molecule has 0 saturated carbocycles. The number of methoxy groups -OCH3 is 1. The Morgan fingerprint density at radius 2 is 1.82 bits per heavy atom. The van der Waals surface area contributed by atoms with Crippen LogP contribution < -0.4 is 4.74 Å². The second kappa shape index (κ2) is 14.8. The van der Waals surface area contributed by atoms with Gasteiger partial charge in [-0.05, 0) is 56.5 Å². The summed E-state index contributed by atoms with van der Waals surface area (Å²) >= 11 is 14.3. The highest BCUT2D eigenvalue weighted by atomic mass is 35.5. The van der Waals surface area contributed by atoms with Crippen LogP contribution in [0.1, 0.15) is 86.0 Å². The Morgan fingerprint density at radius 1 is 1.10 bits per heavy atom. The number of benzene rings is 2. The van der Waals surface area contributed by atoms with Gasteiger partial charge in [0.2, 0.25) is 0 Å². The van der Waals surface area contributed by atoms with E-state index in [1.165, 1.54) is 18.3 Å². The van der Waals surface area contributed by atoms with E-state index in [4.69, 9.17) is 37.7 Å². The lowest BCUT2D eigenvalue weighted by atomic mass is 10.0. The van der Waals surface area contributed by atoms with Crippen LogP contribution in [0.15, 0.2) is 41.3 Å². The maximum atomic E-state index is 13.1. The Kier molecular flexibility index (Phi) is 11.7. The van der Waals surface area contributed by atoms with Gasteiger partial charge in [-0.15, -0.1) is 11.3 Å². The number of nitrogens with zero attached hydrogens (tertiary/aromatic N) is 1. The summed E-state index contributed by atoms with van der Waals surface area (Å²) in [4.78, 5) is 29.4. The second-order valence-electron chi connectivity index (χ2n) is 9.37. The fourth-order valence-electron chi connectivity index (χ4n) is 4.20. The molecule has 2 aromatic carbocycles. The van der Waals surface area contributed by atoms with Gasteiger partial charge in [0.15, 0.2) is 11.6 Å². The fourth-order valence-corrected chi connectivity index (χ4v) is 5.59. The summed E-state index contributed by atoms with van der Waals surface area (Å²) < 4.78 is 12.0. The van der Waals surface area contributed by atoms with Gasteiger partial charge in [0, 0.05) is 34.2 Å². The van der Waals surface area contributed by atoms with Crippen molar-refractivity contribution in [3.63, 3.8) is 0 Å². The third kappa shape index (κ3) is 8.01. The van der Waals surface area contributed by atoms with Crippen molar-refractivity contribution in [2.45, 2.75) is 65.9 Å². The second-order valence-corrected chi connectivity index (χ2v) is 11.1. The molecule has 0 radical (unpaired) electrons. The van der Waals surface area contributed by atoms with Gasteiger partial charge in [-0.3, -0.25) is 9.59 Å². The summed E-state index contributed by atoms with van der Waals surface area (Å²) in [5, 5.41) is 3.24. The summed E-state index contributed by atoms with van der Waals surface area (Å²) in [5.41, 5.74) is 4.05. The molecule has 208 valence electrons. The maximum absolute atomic E-state index is 13.1. The van der Waals surface area contributed by atoms with Crippen LogP contribution in [0.5, 0.6) is 5.75 Å². The van der Waals surface area contributed by atoms with E-state index in [-0.39, 0.29) is 24.1 Å². The molecule has 1 atom stereocenters. The largest absolute Gasteiger partial charge is 0.496 e. The molecule has 1 aromatic heterocycles. The van der Waals surface area contributed by atoms with Crippen LogP contribution in [0.3, 0.4) is 0 Å². The highest BCUT2D eigenvalue weighted by Crippen LogP contribution is 2.39. The molecule has 0 aliphatic carbocycles. The lowest BCUT2D eigenvalue weighted by Gasteiger charge is -2.21. The monoisotopic (exact) mass is 587 g/mol. The molecule has 8 heteroatoms. The number of ether oxygens (including phenoxy) is 2. The van der Waals surface area contributed by atoms with Crippen LogP contribution in [0.2, 0.25) is 10.0 Å². The number of carbonyl (C=O) groups excluding carboxylic acids is 2. The topological polar surface area (TPSA) is 65.5 Å². The first kappa shape index (κ1) is 31.0. The van der Waals surface area contributed by atoms with Gasteiger partial charge in [-0.2, -0.15) is 0 Å². The molecule has 3 rings (SSSR count). The van der Waals surface area contributed by atoms with Crippen LogP contribution in [-0.4, -0.2) is 30.3 Å². The Labute approximate surface area is 245 Å². The Hall–Kier alpha value is -2.51. The van der Waals surface area contributed by atoms with Gasteiger partial charge in [0.05, 0.1) is 35.4 Å². The zero-order chi connectivity index (χ0) is 28.5. The summed E-state index contributed by atoms with van der Waals surface area (Å²) in [7, 11) is 1.66. The van der Waals surface area contributed by atoms with Crippen LogP contribution in [0, 0.1) is 0 Å². The van der Waals surface area contributed by atoms with Gasteiger partial charge in [0.1, 0.15) is 10.8 Å². The van der Waals surface area contributed by atoms with E-state index in [2.05, 4.69) is 13.8 Å². The average molecular weight is 589 g/mol. The number of Topliss-reactive ketones (excluding diaryl/α,β-unsaturated/α-hetero) is 2. The van der Waals surface area contributed by atoms with Crippen LogP contribution in [0.25, 0.3) is 17.3 Å². The maximum Gasteiger partial charge on any atom is 0.169 e. The van der Waals surface area contributed by atoms with Crippen LogP contribution >= 0.6 is 34.5 Å². The molecule has 0 fully saturated rings. The molecule has 0 aliphatic rings. The number of halogens is 2. The van der Waals surface area contributed by atoms with Crippen molar-refractivity contribution in [2.75, 3.05) is 13.7 Å². The minimum Gasteiger partial charge on any atom is -0.496 e. The molecule has 5 nitrogen and oxygen atoms in total. The van der Waals surface area contributed by atoms with Gasteiger partial charge < -0.3 is 9.47 Å². The standard InChI is InChI=1S/C31H35Cl2NO4S/c1-6-8-9-13-38-29(7-2)23-12-10-11-22(31(23)37-5)27-18-39-30(34-27)17-28(36)21-15-25(32)24(26(33)16-21)14-19(3)20(4)35/h10-12,14-16,18,29H,6-9,13,17H2,1-5H3/b19-14+. The Bertz CT molecular complexity index is 1330. The third-order valence-electron chi connectivity index (χ3n) is 6.49. The minimum absolute atomic E-state index is 0.0667. The average Bonchev–Trinajstić information content (AvgIpc) is 3.38. The first-order chi connectivity index (χ1) is 18.7. The van der Waals surface area contributed by atoms with Crippen LogP contribution in [-0.2, 0) is 16.0 Å². The number of thiazole rings is 1. The van der Waals surface area contributed by atoms with E-state index < -0.39 is 0 Å². The molecular formula is C31H35Cl2NO4S. The first-order valence-corrected chi connectivity index (χ1v) is 14.8. The number of rotatable bonds is 14. The zero-order valence-corrected chi connectivity index (χ0v) is 25.4. The predicted octanol–water partition coefficient (Wildman–Crippen LogP) is 9.20. The van der Waals surface area contributed by atoms with Crippen molar-refractivity contribution >= 4 is 52.2 Å². The molecule has 3 aromatic rings. The number of hydrogen-bond donors (Lipinski definition) is 0. The number of unbranched alkanes of at least 4 members (excludes halogenated alkanes) is 2. The molecule has 0 aliphatic heterocycles. The number of allylic oxidation sites excluding steroid dienone is 1. The van der Waals surface area contributed by atoms with Crippen molar-refractivity contribution < 1.29 is 19.1 Å². The molecule has 0 bridgehead atoms. The summed E-state index contributed by atoms with van der Waals surface area (Å²) in [5.74, 6) is 0.519. The van der Waals surface area contributed by atoms with Crippen molar-refractivity contribution in [2.24, 2.45) is 0 Å². The van der Waals surface area contributed by atoms with Crippen molar-refractivity contribution in [1.29, 1.82) is 0 Å². The van der Waals surface area contributed by atoms with Crippen LogP contribution in [0.4, 0.5) is 0 Å². The summed E-state index contributed by atoms with van der Waals surface area (Å²) in [6.45, 7) is 8.17. The smallest absolute Gasteiger partial charge is 0.169 e. The van der Waals surface area contributed by atoms with Gasteiger partial charge in [-0.1, -0.05) is 62.0 Å². The molecule has 0 saturated heterocycles.